The highest BCUT2D eigenvalue weighted by atomic mass is 32.1. The normalized spacial score (nSPS) is 19.0. The summed E-state index contributed by atoms with van der Waals surface area (Å²) in [5, 5.41) is 6.32. The first-order valence-electron chi connectivity index (χ1n) is 7.22. The molecule has 1 aromatic rings. The second-order valence-electron chi connectivity index (χ2n) is 5.43. The standard InChI is InChI=1S/C14H23N3O2S/c1-10-11(2)20-14(19)17(10)7-5-13(18)16-9-12-4-3-6-15-8-12/h12,15H,3-9H2,1-2H3,(H,16,18). The van der Waals surface area contributed by atoms with Crippen molar-refractivity contribution in [2.45, 2.75) is 39.7 Å². The molecule has 2 heterocycles. The Balaban J connectivity index is 1.76. The molecule has 20 heavy (non-hydrogen) atoms. The minimum atomic E-state index is 0.0317. The zero-order valence-electron chi connectivity index (χ0n) is 12.2. The topological polar surface area (TPSA) is 63.1 Å². The molecule has 0 bridgehead atoms. The number of hydrogen-bond donors (Lipinski definition) is 2. The van der Waals surface area contributed by atoms with E-state index < -0.39 is 0 Å². The molecule has 1 aliphatic rings. The molecule has 1 amide bonds. The highest BCUT2D eigenvalue weighted by Gasteiger charge is 2.14. The Labute approximate surface area is 123 Å². The smallest absolute Gasteiger partial charge is 0.307 e. The summed E-state index contributed by atoms with van der Waals surface area (Å²) < 4.78 is 1.70. The summed E-state index contributed by atoms with van der Waals surface area (Å²) in [6, 6.07) is 0. The van der Waals surface area contributed by atoms with Gasteiger partial charge in [0.15, 0.2) is 0 Å². The lowest BCUT2D eigenvalue weighted by atomic mass is 10.00. The number of aryl methyl sites for hydroxylation is 1. The molecule has 1 fully saturated rings. The lowest BCUT2D eigenvalue weighted by molar-refractivity contribution is -0.121. The van der Waals surface area contributed by atoms with Crippen molar-refractivity contribution in [1.82, 2.24) is 15.2 Å². The van der Waals surface area contributed by atoms with Gasteiger partial charge >= 0.3 is 4.87 Å². The highest BCUT2D eigenvalue weighted by Crippen LogP contribution is 2.10. The van der Waals surface area contributed by atoms with Gasteiger partial charge in [0.05, 0.1) is 0 Å². The van der Waals surface area contributed by atoms with Gasteiger partial charge in [-0.2, -0.15) is 0 Å². The molecule has 0 spiro atoms. The molecule has 1 aliphatic heterocycles. The Morgan fingerprint density at radius 1 is 1.50 bits per heavy atom. The number of aromatic nitrogens is 1. The average molecular weight is 297 g/mol. The maximum Gasteiger partial charge on any atom is 0.307 e. The van der Waals surface area contributed by atoms with Crippen molar-refractivity contribution in [3.8, 4) is 0 Å². The fraction of sp³-hybridized carbons (Fsp3) is 0.714. The largest absolute Gasteiger partial charge is 0.356 e. The summed E-state index contributed by atoms with van der Waals surface area (Å²) in [7, 11) is 0. The summed E-state index contributed by atoms with van der Waals surface area (Å²) in [5.74, 6) is 0.575. The van der Waals surface area contributed by atoms with Gasteiger partial charge in [0.1, 0.15) is 0 Å². The summed E-state index contributed by atoms with van der Waals surface area (Å²) in [5.41, 5.74) is 0.976. The number of thiazole rings is 1. The molecule has 0 aromatic carbocycles. The van der Waals surface area contributed by atoms with E-state index in [9.17, 15) is 9.59 Å². The van der Waals surface area contributed by atoms with Crippen LogP contribution in [0.4, 0.5) is 0 Å². The summed E-state index contributed by atoms with van der Waals surface area (Å²) in [4.78, 5) is 24.6. The molecule has 0 radical (unpaired) electrons. The fourth-order valence-electron chi connectivity index (χ4n) is 2.50. The van der Waals surface area contributed by atoms with Crippen molar-refractivity contribution >= 4 is 17.2 Å². The Kier molecular flexibility index (Phi) is 5.37. The Morgan fingerprint density at radius 2 is 2.30 bits per heavy atom. The number of piperidine rings is 1. The van der Waals surface area contributed by atoms with Crippen molar-refractivity contribution in [3.63, 3.8) is 0 Å². The first-order chi connectivity index (χ1) is 9.58. The zero-order valence-corrected chi connectivity index (χ0v) is 13.0. The van der Waals surface area contributed by atoms with E-state index >= 15 is 0 Å². The molecule has 2 rings (SSSR count). The van der Waals surface area contributed by atoms with Crippen LogP contribution in [0.5, 0.6) is 0 Å². The summed E-state index contributed by atoms with van der Waals surface area (Å²) in [6.45, 7) is 7.16. The van der Waals surface area contributed by atoms with Crippen LogP contribution < -0.4 is 15.5 Å². The molecular formula is C14H23N3O2S. The maximum atomic E-state index is 11.8. The van der Waals surface area contributed by atoms with Gasteiger partial charge in [-0.1, -0.05) is 11.3 Å². The van der Waals surface area contributed by atoms with E-state index in [-0.39, 0.29) is 10.8 Å². The van der Waals surface area contributed by atoms with Crippen molar-refractivity contribution < 1.29 is 4.79 Å². The van der Waals surface area contributed by atoms with Gasteiger partial charge in [-0.05, 0) is 45.7 Å². The third-order valence-corrected chi connectivity index (χ3v) is 4.92. The van der Waals surface area contributed by atoms with Crippen LogP contribution in [0, 0.1) is 19.8 Å². The predicted octanol–water partition coefficient (Wildman–Crippen LogP) is 1.03. The van der Waals surface area contributed by atoms with Crippen molar-refractivity contribution in [2.24, 2.45) is 5.92 Å². The second-order valence-corrected chi connectivity index (χ2v) is 6.59. The van der Waals surface area contributed by atoms with E-state index in [1.807, 2.05) is 13.8 Å². The number of hydrogen-bond acceptors (Lipinski definition) is 4. The third-order valence-electron chi connectivity index (χ3n) is 3.92. The van der Waals surface area contributed by atoms with E-state index in [0.29, 0.717) is 18.9 Å². The molecule has 2 N–H and O–H groups in total. The predicted molar refractivity (Wildman–Crippen MR) is 81.3 cm³/mol. The van der Waals surface area contributed by atoms with Gasteiger partial charge in [0.25, 0.3) is 0 Å². The second kappa shape index (κ2) is 7.04. The van der Waals surface area contributed by atoms with E-state index in [4.69, 9.17) is 0 Å². The zero-order chi connectivity index (χ0) is 14.5. The molecule has 112 valence electrons. The van der Waals surface area contributed by atoms with E-state index in [2.05, 4.69) is 10.6 Å². The fourth-order valence-corrected chi connectivity index (χ4v) is 3.36. The van der Waals surface area contributed by atoms with Crippen LogP contribution in [0.25, 0.3) is 0 Å². The number of carbonyl (C=O) groups is 1. The van der Waals surface area contributed by atoms with Crippen LogP contribution in [0.1, 0.15) is 29.8 Å². The van der Waals surface area contributed by atoms with Gasteiger partial charge in [-0.25, -0.2) is 0 Å². The maximum absolute atomic E-state index is 11.8. The summed E-state index contributed by atoms with van der Waals surface area (Å²) >= 11 is 1.25. The van der Waals surface area contributed by atoms with Gasteiger partial charge in [-0.15, -0.1) is 0 Å². The summed E-state index contributed by atoms with van der Waals surface area (Å²) in [6.07, 6.45) is 2.73. The first-order valence-corrected chi connectivity index (χ1v) is 8.04. The molecule has 5 nitrogen and oxygen atoms in total. The Hall–Kier alpha value is -1.14. The number of nitrogens with one attached hydrogen (secondary N) is 2. The van der Waals surface area contributed by atoms with Crippen molar-refractivity contribution in [1.29, 1.82) is 0 Å². The molecule has 1 atom stereocenters. The lowest BCUT2D eigenvalue weighted by Gasteiger charge is -2.22. The van der Waals surface area contributed by atoms with E-state index in [0.717, 1.165) is 30.2 Å². The first kappa shape index (κ1) is 15.3. The molecular weight excluding hydrogens is 274 g/mol. The van der Waals surface area contributed by atoms with E-state index in [1.165, 1.54) is 24.2 Å². The molecule has 1 saturated heterocycles. The van der Waals surface area contributed by atoms with Crippen LogP contribution >= 0.6 is 11.3 Å². The van der Waals surface area contributed by atoms with Crippen LogP contribution in [-0.2, 0) is 11.3 Å². The van der Waals surface area contributed by atoms with Gasteiger partial charge in [-0.3, -0.25) is 9.59 Å². The number of nitrogens with zero attached hydrogens (tertiary/aromatic N) is 1. The SMILES string of the molecule is Cc1sc(=O)n(CCC(=O)NCC2CCCNC2)c1C. The number of carbonyl (C=O) groups excluding carboxylic acids is 1. The van der Waals surface area contributed by atoms with Gasteiger partial charge in [0.2, 0.25) is 5.91 Å². The van der Waals surface area contributed by atoms with Crippen molar-refractivity contribution in [3.05, 3.63) is 20.2 Å². The minimum absolute atomic E-state index is 0.0317. The van der Waals surface area contributed by atoms with E-state index in [1.54, 1.807) is 4.57 Å². The third kappa shape index (κ3) is 3.93. The van der Waals surface area contributed by atoms with Crippen LogP contribution in [0.15, 0.2) is 4.79 Å². The van der Waals surface area contributed by atoms with Crippen molar-refractivity contribution in [2.75, 3.05) is 19.6 Å². The molecule has 0 aliphatic carbocycles. The number of rotatable bonds is 5. The van der Waals surface area contributed by atoms with Gasteiger partial charge in [0, 0.05) is 30.1 Å². The molecule has 1 unspecified atom stereocenters. The Morgan fingerprint density at radius 3 is 2.90 bits per heavy atom. The van der Waals surface area contributed by atoms with Crippen LogP contribution in [0.2, 0.25) is 0 Å². The van der Waals surface area contributed by atoms with Gasteiger partial charge < -0.3 is 15.2 Å². The quantitative estimate of drug-likeness (QED) is 0.853. The molecule has 6 heteroatoms. The monoisotopic (exact) mass is 297 g/mol. The highest BCUT2D eigenvalue weighted by molar-refractivity contribution is 7.09. The molecule has 0 saturated carbocycles. The van der Waals surface area contributed by atoms with Crippen LogP contribution in [0.3, 0.4) is 0 Å². The Bertz CT molecular complexity index is 515. The lowest BCUT2D eigenvalue weighted by Crippen LogP contribution is -2.38. The average Bonchev–Trinajstić information content (AvgIpc) is 2.69. The number of amides is 1. The minimum Gasteiger partial charge on any atom is -0.356 e. The van der Waals surface area contributed by atoms with Crippen LogP contribution in [-0.4, -0.2) is 30.1 Å². The molecule has 1 aromatic heterocycles.